The van der Waals surface area contributed by atoms with Crippen LogP contribution in [0.15, 0.2) is 11.6 Å². The Kier molecular flexibility index (Phi) is 3.53. The summed E-state index contributed by atoms with van der Waals surface area (Å²) >= 11 is 0. The highest BCUT2D eigenvalue weighted by Gasteiger charge is 2.83. The van der Waals surface area contributed by atoms with E-state index in [1.165, 1.54) is 7.11 Å². The summed E-state index contributed by atoms with van der Waals surface area (Å²) in [6.45, 7) is 4.51. The molecule has 6 nitrogen and oxygen atoms in total. The van der Waals surface area contributed by atoms with Crippen LogP contribution >= 0.6 is 0 Å². The quantitative estimate of drug-likeness (QED) is 0.484. The van der Waals surface area contributed by atoms with Crippen LogP contribution in [0.25, 0.3) is 0 Å². The number of hydrogen-bond donors (Lipinski definition) is 0. The molecule has 6 heteroatoms. The first-order valence-corrected chi connectivity index (χ1v) is 11.4. The average Bonchev–Trinajstić information content (AvgIpc) is 3.20. The van der Waals surface area contributed by atoms with E-state index in [2.05, 4.69) is 13.8 Å². The van der Waals surface area contributed by atoms with E-state index < -0.39 is 11.2 Å². The van der Waals surface area contributed by atoms with E-state index in [0.29, 0.717) is 19.3 Å². The zero-order valence-electron chi connectivity index (χ0n) is 18.0. The van der Waals surface area contributed by atoms with Crippen LogP contribution in [0, 0.1) is 28.6 Å². The summed E-state index contributed by atoms with van der Waals surface area (Å²) < 4.78 is 17.9. The van der Waals surface area contributed by atoms with Gasteiger partial charge in [-0.3, -0.25) is 14.4 Å². The van der Waals surface area contributed by atoms with Crippen LogP contribution in [0.3, 0.4) is 0 Å². The topological polar surface area (TPSA) is 82.2 Å². The Hall–Kier alpha value is -1.69. The van der Waals surface area contributed by atoms with E-state index in [1.807, 2.05) is 0 Å². The number of epoxide rings is 1. The molecule has 0 radical (unpaired) electrons. The van der Waals surface area contributed by atoms with Gasteiger partial charge in [-0.05, 0) is 50.5 Å². The zero-order chi connectivity index (χ0) is 21.1. The Labute approximate surface area is 176 Å². The van der Waals surface area contributed by atoms with E-state index in [9.17, 15) is 14.4 Å². The molecule has 0 aromatic carbocycles. The van der Waals surface area contributed by atoms with Crippen molar-refractivity contribution < 1.29 is 28.6 Å². The van der Waals surface area contributed by atoms with Gasteiger partial charge < -0.3 is 14.2 Å². The van der Waals surface area contributed by atoms with Crippen molar-refractivity contribution in [1.29, 1.82) is 0 Å². The standard InChI is InChI=1S/C24H30O6/c1-21-7-4-14(25)10-13(21)11-15(20(27)28-3)19-16-5-8-23(9-6-18(26)30-23)22(16,2)12-17-24(19,21)29-17/h10,15-17,19H,4-9,11-12H2,1-3H3/t15-,16+,17-,19-,21+,22+,23+,24-/m1/s1. The monoisotopic (exact) mass is 414 g/mol. The van der Waals surface area contributed by atoms with Crippen LogP contribution in [0.1, 0.15) is 65.2 Å². The number of rotatable bonds is 1. The van der Waals surface area contributed by atoms with Crippen molar-refractivity contribution in [1.82, 2.24) is 0 Å². The number of hydrogen-bond acceptors (Lipinski definition) is 6. The fourth-order valence-electron chi connectivity index (χ4n) is 8.69. The van der Waals surface area contributed by atoms with Crippen LogP contribution in [0.4, 0.5) is 0 Å². The summed E-state index contributed by atoms with van der Waals surface area (Å²) in [4.78, 5) is 37.4. The lowest BCUT2D eigenvalue weighted by Gasteiger charge is -2.58. The molecule has 0 bridgehead atoms. The SMILES string of the molecule is COC(=O)[C@@H]1CC2=CC(=O)CC[C@]2(C)[C@@]23O[C@@H]2C[C@@]2(C)[C@@H](CC[C@]24CCC(=O)O4)[C@@H]13. The molecule has 30 heavy (non-hydrogen) atoms. The highest BCUT2D eigenvalue weighted by Crippen LogP contribution is 2.78. The Bertz CT molecular complexity index is 907. The van der Waals surface area contributed by atoms with Gasteiger partial charge in [0.2, 0.25) is 0 Å². The summed E-state index contributed by atoms with van der Waals surface area (Å²) in [6, 6.07) is 0. The van der Waals surface area contributed by atoms with Gasteiger partial charge in [-0.1, -0.05) is 19.4 Å². The minimum absolute atomic E-state index is 0.0303. The zero-order valence-corrected chi connectivity index (χ0v) is 18.0. The summed E-state index contributed by atoms with van der Waals surface area (Å²) in [5, 5.41) is 0. The molecule has 4 aliphatic carbocycles. The van der Waals surface area contributed by atoms with Crippen molar-refractivity contribution in [3.05, 3.63) is 11.6 Å². The Morgan fingerprint density at radius 2 is 1.97 bits per heavy atom. The van der Waals surface area contributed by atoms with Crippen LogP contribution < -0.4 is 0 Å². The van der Waals surface area contributed by atoms with Crippen molar-refractivity contribution in [2.75, 3.05) is 7.11 Å². The number of methoxy groups -OCH3 is 1. The second-order valence-corrected chi connectivity index (χ2v) is 11.0. The molecule has 0 unspecified atom stereocenters. The van der Waals surface area contributed by atoms with Gasteiger partial charge in [-0.2, -0.15) is 0 Å². The van der Waals surface area contributed by atoms with E-state index >= 15 is 0 Å². The molecule has 6 aliphatic rings. The first-order valence-electron chi connectivity index (χ1n) is 11.4. The predicted octanol–water partition coefficient (Wildman–Crippen LogP) is 3.12. The molecule has 2 saturated heterocycles. The number of esters is 2. The molecule has 0 N–H and O–H groups in total. The fraction of sp³-hybridized carbons (Fsp3) is 0.792. The lowest BCUT2D eigenvalue weighted by Crippen LogP contribution is -2.63. The molecule has 2 heterocycles. The highest BCUT2D eigenvalue weighted by molar-refractivity contribution is 5.92. The maximum absolute atomic E-state index is 13.0. The summed E-state index contributed by atoms with van der Waals surface area (Å²) in [5.41, 5.74) is -0.175. The average molecular weight is 414 g/mol. The Morgan fingerprint density at radius 3 is 2.67 bits per heavy atom. The lowest BCUT2D eigenvalue weighted by molar-refractivity contribution is -0.172. The molecule has 2 spiro atoms. The van der Waals surface area contributed by atoms with Crippen molar-refractivity contribution in [2.45, 2.75) is 82.5 Å². The molecule has 3 saturated carbocycles. The van der Waals surface area contributed by atoms with Crippen molar-refractivity contribution in [2.24, 2.45) is 28.6 Å². The molecule has 162 valence electrons. The number of carbonyl (C=O) groups excluding carboxylic acids is 3. The molecule has 5 fully saturated rings. The molecule has 2 aliphatic heterocycles. The number of ether oxygens (including phenoxy) is 3. The third-order valence-corrected chi connectivity index (χ3v) is 10.2. The lowest BCUT2D eigenvalue weighted by atomic mass is 9.43. The van der Waals surface area contributed by atoms with Gasteiger partial charge in [-0.25, -0.2) is 0 Å². The maximum Gasteiger partial charge on any atom is 0.309 e. The van der Waals surface area contributed by atoms with Gasteiger partial charge in [0.15, 0.2) is 5.78 Å². The van der Waals surface area contributed by atoms with Crippen molar-refractivity contribution in [3.8, 4) is 0 Å². The van der Waals surface area contributed by atoms with Gasteiger partial charge in [0.25, 0.3) is 0 Å². The molecule has 0 amide bonds. The third kappa shape index (κ3) is 1.94. The van der Waals surface area contributed by atoms with Gasteiger partial charge >= 0.3 is 11.9 Å². The molecule has 6 rings (SSSR count). The second kappa shape index (κ2) is 5.56. The highest BCUT2D eigenvalue weighted by atomic mass is 16.6. The van der Waals surface area contributed by atoms with E-state index in [-0.39, 0.29) is 52.4 Å². The molecule has 8 atom stereocenters. The van der Waals surface area contributed by atoms with Gasteiger partial charge in [0.1, 0.15) is 11.2 Å². The molecule has 0 aromatic heterocycles. The fourth-order valence-corrected chi connectivity index (χ4v) is 8.69. The normalized spacial score (nSPS) is 53.2. The Morgan fingerprint density at radius 1 is 1.17 bits per heavy atom. The van der Waals surface area contributed by atoms with Crippen LogP contribution in [0.5, 0.6) is 0 Å². The van der Waals surface area contributed by atoms with Crippen molar-refractivity contribution in [3.63, 3.8) is 0 Å². The number of ketones is 1. The Balaban J connectivity index is 1.49. The van der Waals surface area contributed by atoms with Gasteiger partial charge in [0.05, 0.1) is 19.1 Å². The summed E-state index contributed by atoms with van der Waals surface area (Å²) in [5.74, 6) is -0.201. The largest absolute Gasteiger partial charge is 0.469 e. The minimum atomic E-state index is -0.424. The molecule has 0 aromatic rings. The van der Waals surface area contributed by atoms with E-state index in [1.54, 1.807) is 6.08 Å². The first-order chi connectivity index (χ1) is 14.2. The first kappa shape index (κ1) is 19.0. The number of carbonyl (C=O) groups is 3. The van der Waals surface area contributed by atoms with Crippen LogP contribution in [-0.2, 0) is 28.6 Å². The van der Waals surface area contributed by atoms with E-state index in [0.717, 1.165) is 37.7 Å². The maximum atomic E-state index is 13.0. The molecular formula is C24H30O6. The van der Waals surface area contributed by atoms with Crippen molar-refractivity contribution >= 4 is 17.7 Å². The van der Waals surface area contributed by atoms with Gasteiger partial charge in [-0.15, -0.1) is 0 Å². The summed E-state index contributed by atoms with van der Waals surface area (Å²) in [6.07, 6.45) is 7.61. The summed E-state index contributed by atoms with van der Waals surface area (Å²) in [7, 11) is 1.45. The van der Waals surface area contributed by atoms with Crippen LogP contribution in [0.2, 0.25) is 0 Å². The third-order valence-electron chi connectivity index (χ3n) is 10.2. The second-order valence-electron chi connectivity index (χ2n) is 11.0. The number of fused-ring (bicyclic) bond motifs is 4. The smallest absolute Gasteiger partial charge is 0.309 e. The predicted molar refractivity (Wildman–Crippen MR) is 105 cm³/mol. The van der Waals surface area contributed by atoms with E-state index in [4.69, 9.17) is 14.2 Å². The molecular weight excluding hydrogens is 384 g/mol. The van der Waals surface area contributed by atoms with Gasteiger partial charge in [0, 0.05) is 29.6 Å². The minimum Gasteiger partial charge on any atom is -0.469 e. The van der Waals surface area contributed by atoms with Crippen LogP contribution in [-0.4, -0.2) is 42.1 Å².